The molecule has 0 fully saturated rings. The van der Waals surface area contributed by atoms with Crippen molar-refractivity contribution in [1.29, 1.82) is 0 Å². The molecule has 0 aliphatic heterocycles. The van der Waals surface area contributed by atoms with Crippen molar-refractivity contribution in [3.05, 3.63) is 0 Å². The molecule has 0 heterocycles. The van der Waals surface area contributed by atoms with Crippen LogP contribution in [0.15, 0.2) is 0 Å². The molecule has 98 heavy (non-hydrogen) atoms. The summed E-state index contributed by atoms with van der Waals surface area (Å²) in [4.78, 5) is 72.9. The number of carbonyl (C=O) groups excluding carboxylic acids is 4. The fourth-order valence-corrected chi connectivity index (χ4v) is 13.8. The van der Waals surface area contributed by atoms with Crippen molar-refractivity contribution >= 4 is 39.5 Å². The lowest BCUT2D eigenvalue weighted by atomic mass is 10.0. The first-order valence-corrected chi connectivity index (χ1v) is 44.1. The van der Waals surface area contributed by atoms with Gasteiger partial charge in [-0.05, 0) is 31.6 Å². The molecule has 19 heteroatoms. The predicted octanol–water partition coefficient (Wildman–Crippen LogP) is 23.6. The molecule has 3 N–H and O–H groups in total. The number of rotatable bonds is 79. The van der Waals surface area contributed by atoms with E-state index < -0.39 is 97.5 Å². The normalized spacial score (nSPS) is 13.9. The Balaban J connectivity index is 5.20. The lowest BCUT2D eigenvalue weighted by molar-refractivity contribution is -0.161. The third-order valence-corrected chi connectivity index (χ3v) is 20.4. The van der Waals surface area contributed by atoms with Crippen molar-refractivity contribution in [2.45, 2.75) is 438 Å². The topological polar surface area (TPSA) is 237 Å². The molecule has 0 rings (SSSR count). The second-order valence-electron chi connectivity index (χ2n) is 28.9. The standard InChI is InChI=1S/C79H154O17P2/c1-6-9-12-15-18-21-24-27-29-31-32-33-35-37-39-42-45-48-55-60-65-79(84)95-74(68-89-76(81)62-57-52-46-43-41-38-36-34-30-28-25-22-19-16-13-10-7-2)70-93-97(85,86)91-66-73(80)67-92-98(87,88)94-71-75(69-90-77(82)63-58-53-50-49-51-56-61-72(4)5)96-78(83)64-59-54-47-44-40-26-23-20-17-14-11-8-3/h72-75,80H,6-71H2,1-5H3,(H,85,86)(H,87,88)/t73-,74-,75-/m1/s1. The molecule has 0 saturated heterocycles. The Kier molecular flexibility index (Phi) is 70.6. The molecule has 0 radical (unpaired) electrons. The molecule has 0 aliphatic rings. The largest absolute Gasteiger partial charge is 0.472 e. The molecule has 0 bridgehead atoms. The number of hydrogen-bond acceptors (Lipinski definition) is 15. The molecule has 0 aromatic heterocycles. The molecule has 0 aromatic carbocycles. The Morgan fingerprint density at radius 2 is 0.469 bits per heavy atom. The zero-order valence-corrected chi connectivity index (χ0v) is 65.7. The van der Waals surface area contributed by atoms with Gasteiger partial charge < -0.3 is 33.8 Å². The van der Waals surface area contributed by atoms with Crippen molar-refractivity contribution in [3.8, 4) is 0 Å². The lowest BCUT2D eigenvalue weighted by Gasteiger charge is -2.21. The molecule has 582 valence electrons. The van der Waals surface area contributed by atoms with Gasteiger partial charge in [0.15, 0.2) is 12.2 Å². The maximum atomic E-state index is 13.1. The van der Waals surface area contributed by atoms with Crippen LogP contribution in [-0.2, 0) is 65.4 Å². The Hall–Kier alpha value is -1.94. The van der Waals surface area contributed by atoms with Gasteiger partial charge in [0.2, 0.25) is 0 Å². The smallest absolute Gasteiger partial charge is 0.462 e. The minimum absolute atomic E-state index is 0.107. The SMILES string of the molecule is CCCCCCCCCCCCCCCCCCCCCCC(=O)O[C@H](COC(=O)CCCCCCCCCCCCCCCCCCC)COP(=O)(O)OC[C@@H](O)COP(=O)(O)OC[C@@H](COC(=O)CCCCCCCCC(C)C)OC(=O)CCCCCCCCCCCCCC. The van der Waals surface area contributed by atoms with Crippen LogP contribution in [0.2, 0.25) is 0 Å². The second-order valence-corrected chi connectivity index (χ2v) is 31.8. The fourth-order valence-electron chi connectivity index (χ4n) is 12.2. The Morgan fingerprint density at radius 1 is 0.276 bits per heavy atom. The zero-order chi connectivity index (χ0) is 71.9. The third kappa shape index (κ3) is 72.4. The van der Waals surface area contributed by atoms with E-state index in [9.17, 15) is 43.2 Å². The minimum Gasteiger partial charge on any atom is -0.462 e. The molecular weight excluding hydrogens is 1280 g/mol. The van der Waals surface area contributed by atoms with Crippen molar-refractivity contribution in [3.63, 3.8) is 0 Å². The van der Waals surface area contributed by atoms with E-state index in [0.717, 1.165) is 96.3 Å². The monoisotopic (exact) mass is 1440 g/mol. The van der Waals surface area contributed by atoms with Crippen molar-refractivity contribution < 1.29 is 80.2 Å². The summed E-state index contributed by atoms with van der Waals surface area (Å²) in [6.45, 7) is 7.23. The summed E-state index contributed by atoms with van der Waals surface area (Å²) in [6.07, 6.45) is 62.7. The maximum absolute atomic E-state index is 13.1. The molecule has 0 aromatic rings. The molecular formula is C79H154O17P2. The first-order valence-electron chi connectivity index (χ1n) is 41.1. The average molecular weight is 1440 g/mol. The summed E-state index contributed by atoms with van der Waals surface area (Å²) in [7, 11) is -9.91. The van der Waals surface area contributed by atoms with Gasteiger partial charge in [-0.15, -0.1) is 0 Å². The van der Waals surface area contributed by atoms with Crippen LogP contribution in [0, 0.1) is 5.92 Å². The Morgan fingerprint density at radius 3 is 0.694 bits per heavy atom. The van der Waals surface area contributed by atoms with Crippen LogP contribution in [-0.4, -0.2) is 96.7 Å². The summed E-state index contributed by atoms with van der Waals surface area (Å²) >= 11 is 0. The first kappa shape index (κ1) is 96.1. The fraction of sp³-hybridized carbons (Fsp3) is 0.949. The van der Waals surface area contributed by atoms with E-state index in [1.807, 2.05) is 0 Å². The minimum atomic E-state index is -4.96. The zero-order valence-electron chi connectivity index (χ0n) is 63.9. The number of carbonyl (C=O) groups is 4. The molecule has 0 saturated carbocycles. The number of esters is 4. The van der Waals surface area contributed by atoms with Gasteiger partial charge in [-0.3, -0.25) is 37.3 Å². The van der Waals surface area contributed by atoms with E-state index in [4.69, 9.17) is 37.0 Å². The molecule has 0 amide bonds. The molecule has 0 spiro atoms. The highest BCUT2D eigenvalue weighted by Gasteiger charge is 2.30. The molecule has 17 nitrogen and oxygen atoms in total. The summed E-state index contributed by atoms with van der Waals surface area (Å²) in [5.41, 5.74) is 0. The average Bonchev–Trinajstić information content (AvgIpc) is 2.53. The summed E-state index contributed by atoms with van der Waals surface area (Å²) in [6, 6.07) is 0. The number of hydrogen-bond donors (Lipinski definition) is 3. The second kappa shape index (κ2) is 72.0. The predicted molar refractivity (Wildman–Crippen MR) is 400 cm³/mol. The maximum Gasteiger partial charge on any atom is 0.472 e. The van der Waals surface area contributed by atoms with E-state index in [0.29, 0.717) is 31.6 Å². The van der Waals surface area contributed by atoms with Gasteiger partial charge in [0.1, 0.15) is 19.3 Å². The van der Waals surface area contributed by atoms with Crippen LogP contribution in [0.25, 0.3) is 0 Å². The van der Waals surface area contributed by atoms with Crippen molar-refractivity contribution in [2.75, 3.05) is 39.6 Å². The first-order chi connectivity index (χ1) is 47.5. The highest BCUT2D eigenvalue weighted by Crippen LogP contribution is 2.45. The van der Waals surface area contributed by atoms with Crippen LogP contribution in [0.4, 0.5) is 0 Å². The van der Waals surface area contributed by atoms with Gasteiger partial charge in [0.25, 0.3) is 0 Å². The highest BCUT2D eigenvalue weighted by molar-refractivity contribution is 7.47. The van der Waals surface area contributed by atoms with Crippen LogP contribution in [0.5, 0.6) is 0 Å². The number of phosphoric ester groups is 2. The molecule has 2 unspecified atom stereocenters. The number of unbranched alkanes of at least 4 members (excludes halogenated alkanes) is 51. The van der Waals surface area contributed by atoms with E-state index >= 15 is 0 Å². The van der Waals surface area contributed by atoms with Crippen molar-refractivity contribution in [1.82, 2.24) is 0 Å². The quantitative estimate of drug-likeness (QED) is 0.0222. The number of ether oxygens (including phenoxy) is 4. The van der Waals surface area contributed by atoms with Gasteiger partial charge in [-0.25, -0.2) is 9.13 Å². The third-order valence-electron chi connectivity index (χ3n) is 18.5. The molecule has 0 aliphatic carbocycles. The van der Waals surface area contributed by atoms with E-state index in [2.05, 4.69) is 34.6 Å². The van der Waals surface area contributed by atoms with Gasteiger partial charge >= 0.3 is 39.5 Å². The highest BCUT2D eigenvalue weighted by atomic mass is 31.2. The Bertz CT molecular complexity index is 1870. The van der Waals surface area contributed by atoms with Gasteiger partial charge in [-0.2, -0.15) is 0 Å². The summed E-state index contributed by atoms with van der Waals surface area (Å²) in [5.74, 6) is -1.43. The summed E-state index contributed by atoms with van der Waals surface area (Å²) < 4.78 is 68.6. The van der Waals surface area contributed by atoms with Crippen LogP contribution in [0.1, 0.15) is 420 Å². The van der Waals surface area contributed by atoms with E-state index in [1.165, 1.54) is 238 Å². The van der Waals surface area contributed by atoms with Crippen LogP contribution >= 0.6 is 15.6 Å². The van der Waals surface area contributed by atoms with Gasteiger partial charge in [0.05, 0.1) is 26.4 Å². The van der Waals surface area contributed by atoms with Crippen molar-refractivity contribution in [2.24, 2.45) is 5.92 Å². The van der Waals surface area contributed by atoms with Gasteiger partial charge in [0, 0.05) is 25.7 Å². The lowest BCUT2D eigenvalue weighted by Crippen LogP contribution is -2.30. The Labute approximate surface area is 600 Å². The van der Waals surface area contributed by atoms with Crippen LogP contribution in [0.3, 0.4) is 0 Å². The molecule has 5 atom stereocenters. The van der Waals surface area contributed by atoms with Crippen LogP contribution < -0.4 is 0 Å². The number of phosphoric acid groups is 2. The number of aliphatic hydroxyl groups is 1. The van der Waals surface area contributed by atoms with E-state index in [1.54, 1.807) is 0 Å². The van der Waals surface area contributed by atoms with E-state index in [-0.39, 0.29) is 25.7 Å². The van der Waals surface area contributed by atoms with Gasteiger partial charge in [-0.1, -0.05) is 369 Å². The summed E-state index contributed by atoms with van der Waals surface area (Å²) in [5, 5.41) is 10.6. The number of aliphatic hydroxyl groups excluding tert-OH is 1.